The van der Waals surface area contributed by atoms with Crippen LogP contribution in [0.5, 0.6) is 0 Å². The molecular formula is C22H21FN4O5S. The zero-order valence-corrected chi connectivity index (χ0v) is 18.5. The number of hydrogen-bond donors (Lipinski definition) is 1. The highest BCUT2D eigenvalue weighted by atomic mass is 32.1. The maximum atomic E-state index is 14.8. The van der Waals surface area contributed by atoms with Gasteiger partial charge in [-0.3, -0.25) is 14.5 Å². The Morgan fingerprint density at radius 1 is 1.36 bits per heavy atom. The highest BCUT2D eigenvalue weighted by Crippen LogP contribution is 2.25. The fourth-order valence-corrected chi connectivity index (χ4v) is 3.99. The van der Waals surface area contributed by atoms with Crippen LogP contribution in [-0.2, 0) is 32.1 Å². The molecule has 0 aliphatic carbocycles. The van der Waals surface area contributed by atoms with Gasteiger partial charge in [-0.2, -0.15) is 0 Å². The van der Waals surface area contributed by atoms with Crippen molar-refractivity contribution in [2.24, 2.45) is 0 Å². The second-order valence-corrected chi connectivity index (χ2v) is 8.41. The molecule has 0 saturated carbocycles. The maximum absolute atomic E-state index is 14.8. The van der Waals surface area contributed by atoms with Gasteiger partial charge in [-0.15, -0.1) is 11.3 Å². The van der Waals surface area contributed by atoms with Gasteiger partial charge in [0.15, 0.2) is 0 Å². The van der Waals surface area contributed by atoms with E-state index in [2.05, 4.69) is 10.3 Å². The average Bonchev–Trinajstić information content (AvgIpc) is 3.52. The van der Waals surface area contributed by atoms with E-state index in [1.165, 1.54) is 46.2 Å². The van der Waals surface area contributed by atoms with Gasteiger partial charge in [0.1, 0.15) is 18.5 Å². The number of imidazole rings is 1. The molecule has 1 fully saturated rings. The molecule has 1 aromatic carbocycles. The SMILES string of the molecule is CC(=O)NCC1CN(c2ccc(-n3cnc(COC(=O)Cc4cccs4)c3)c(F)c2)C(=O)O1. The van der Waals surface area contributed by atoms with Crippen LogP contribution >= 0.6 is 11.3 Å². The van der Waals surface area contributed by atoms with Gasteiger partial charge in [0, 0.05) is 18.0 Å². The normalized spacial score (nSPS) is 15.4. The number of benzene rings is 1. The van der Waals surface area contributed by atoms with E-state index in [1.807, 2.05) is 17.5 Å². The summed E-state index contributed by atoms with van der Waals surface area (Å²) >= 11 is 1.48. The highest BCUT2D eigenvalue weighted by molar-refractivity contribution is 7.10. The summed E-state index contributed by atoms with van der Waals surface area (Å²) in [7, 11) is 0. The highest BCUT2D eigenvalue weighted by Gasteiger charge is 2.32. The van der Waals surface area contributed by atoms with Gasteiger partial charge >= 0.3 is 12.1 Å². The van der Waals surface area contributed by atoms with E-state index in [1.54, 1.807) is 12.3 Å². The van der Waals surface area contributed by atoms with E-state index in [0.29, 0.717) is 11.4 Å². The standard InChI is InChI=1S/C22H21FN4O5S/c1-14(28)24-9-17-11-27(22(30)32-17)16-4-5-20(19(23)7-16)26-10-15(25-13-26)12-31-21(29)8-18-3-2-6-33-18/h2-7,10,13,17H,8-9,11-12H2,1H3,(H,24,28). The number of nitrogens with one attached hydrogen (secondary N) is 1. The third-order valence-corrected chi connectivity index (χ3v) is 5.77. The summed E-state index contributed by atoms with van der Waals surface area (Å²) in [6, 6.07) is 8.08. The predicted molar refractivity (Wildman–Crippen MR) is 118 cm³/mol. The van der Waals surface area contributed by atoms with Crippen molar-refractivity contribution in [2.75, 3.05) is 18.0 Å². The van der Waals surface area contributed by atoms with E-state index in [0.717, 1.165) is 4.88 Å². The van der Waals surface area contributed by atoms with Gasteiger partial charge in [-0.25, -0.2) is 14.2 Å². The van der Waals surface area contributed by atoms with E-state index in [4.69, 9.17) is 9.47 Å². The number of hydrogen-bond acceptors (Lipinski definition) is 7. The van der Waals surface area contributed by atoms with Crippen LogP contribution in [0.4, 0.5) is 14.9 Å². The van der Waals surface area contributed by atoms with Gasteiger partial charge in [-0.05, 0) is 29.6 Å². The molecule has 2 aromatic heterocycles. The lowest BCUT2D eigenvalue weighted by atomic mass is 10.2. The third-order valence-electron chi connectivity index (χ3n) is 4.89. The first kappa shape index (κ1) is 22.5. The van der Waals surface area contributed by atoms with Crippen LogP contribution in [-0.4, -0.2) is 46.7 Å². The minimum absolute atomic E-state index is 0.0216. The molecule has 2 amide bonds. The van der Waals surface area contributed by atoms with Crippen LogP contribution in [0, 0.1) is 5.82 Å². The number of nitrogens with zero attached hydrogens (tertiary/aromatic N) is 3. The Hall–Kier alpha value is -3.73. The van der Waals surface area contributed by atoms with E-state index < -0.39 is 18.0 Å². The summed E-state index contributed by atoms with van der Waals surface area (Å²) in [4.78, 5) is 41.5. The van der Waals surface area contributed by atoms with Crippen molar-refractivity contribution in [3.63, 3.8) is 0 Å². The number of aromatic nitrogens is 2. The van der Waals surface area contributed by atoms with Gasteiger partial charge in [0.05, 0.1) is 42.9 Å². The van der Waals surface area contributed by atoms with Gasteiger partial charge < -0.3 is 19.4 Å². The fraction of sp³-hybridized carbons (Fsp3) is 0.273. The summed E-state index contributed by atoms with van der Waals surface area (Å²) in [6.45, 7) is 1.74. The van der Waals surface area contributed by atoms with Crippen LogP contribution in [0.3, 0.4) is 0 Å². The fourth-order valence-electron chi connectivity index (χ4n) is 3.30. The molecular weight excluding hydrogens is 451 g/mol. The minimum Gasteiger partial charge on any atom is -0.459 e. The minimum atomic E-state index is -0.605. The topological polar surface area (TPSA) is 103 Å². The first-order valence-electron chi connectivity index (χ1n) is 10.1. The molecule has 9 nitrogen and oxygen atoms in total. The molecule has 0 spiro atoms. The molecule has 172 valence electrons. The van der Waals surface area contributed by atoms with Crippen molar-refractivity contribution in [3.05, 3.63) is 64.6 Å². The summed E-state index contributed by atoms with van der Waals surface area (Å²) in [5, 5.41) is 4.48. The molecule has 1 saturated heterocycles. The largest absolute Gasteiger partial charge is 0.459 e. The molecule has 1 aliphatic rings. The van der Waals surface area contributed by atoms with Crippen LogP contribution in [0.2, 0.25) is 0 Å². The van der Waals surface area contributed by atoms with E-state index >= 15 is 0 Å². The van der Waals surface area contributed by atoms with Crippen LogP contribution in [0.1, 0.15) is 17.5 Å². The van der Waals surface area contributed by atoms with Crippen molar-refractivity contribution in [1.29, 1.82) is 0 Å². The van der Waals surface area contributed by atoms with Gasteiger partial charge in [-0.1, -0.05) is 6.07 Å². The summed E-state index contributed by atoms with van der Waals surface area (Å²) < 4.78 is 26.8. The van der Waals surface area contributed by atoms with Crippen LogP contribution in [0.25, 0.3) is 5.69 Å². The molecule has 1 aliphatic heterocycles. The molecule has 33 heavy (non-hydrogen) atoms. The number of halogens is 1. The third kappa shape index (κ3) is 5.55. The van der Waals surface area contributed by atoms with Gasteiger partial charge in [0.2, 0.25) is 5.91 Å². The number of ether oxygens (including phenoxy) is 2. The number of esters is 1. The molecule has 0 bridgehead atoms. The van der Waals surface area contributed by atoms with Crippen molar-refractivity contribution in [3.8, 4) is 5.69 Å². The maximum Gasteiger partial charge on any atom is 0.414 e. The van der Waals surface area contributed by atoms with Crippen molar-refractivity contribution in [2.45, 2.75) is 26.1 Å². The van der Waals surface area contributed by atoms with Gasteiger partial charge in [0.25, 0.3) is 0 Å². The van der Waals surface area contributed by atoms with Crippen molar-refractivity contribution in [1.82, 2.24) is 14.9 Å². The molecule has 3 heterocycles. The molecule has 3 aromatic rings. The Labute approximate surface area is 192 Å². The lowest BCUT2D eigenvalue weighted by molar-refractivity contribution is -0.144. The molecule has 11 heteroatoms. The number of thiophene rings is 1. The zero-order valence-electron chi connectivity index (χ0n) is 17.7. The smallest absolute Gasteiger partial charge is 0.414 e. The Kier molecular flexibility index (Phi) is 6.68. The first-order chi connectivity index (χ1) is 15.9. The number of rotatable bonds is 8. The molecule has 4 rings (SSSR count). The number of cyclic esters (lactones) is 1. The Morgan fingerprint density at radius 2 is 2.21 bits per heavy atom. The first-order valence-corrected chi connectivity index (χ1v) is 11.0. The van der Waals surface area contributed by atoms with E-state index in [-0.39, 0.29) is 43.7 Å². The number of amides is 2. The van der Waals surface area contributed by atoms with Crippen molar-refractivity contribution >= 4 is 35.0 Å². The summed E-state index contributed by atoms with van der Waals surface area (Å²) in [5.74, 6) is -1.15. The molecule has 1 unspecified atom stereocenters. The Morgan fingerprint density at radius 3 is 2.94 bits per heavy atom. The average molecular weight is 472 g/mol. The lowest BCUT2D eigenvalue weighted by Crippen LogP contribution is -2.33. The van der Waals surface area contributed by atoms with Crippen molar-refractivity contribution < 1.29 is 28.2 Å². The molecule has 1 N–H and O–H groups in total. The molecule has 0 radical (unpaired) electrons. The molecule has 1 atom stereocenters. The predicted octanol–water partition coefficient (Wildman–Crippen LogP) is 2.82. The Bertz CT molecular complexity index is 1160. The van der Waals surface area contributed by atoms with E-state index in [9.17, 15) is 18.8 Å². The van der Waals surface area contributed by atoms with Crippen LogP contribution < -0.4 is 10.2 Å². The number of anilines is 1. The second-order valence-electron chi connectivity index (χ2n) is 7.38. The zero-order chi connectivity index (χ0) is 23.4. The monoisotopic (exact) mass is 472 g/mol. The summed E-state index contributed by atoms with van der Waals surface area (Å²) in [6.07, 6.45) is 2.08. The number of carbonyl (C=O) groups excluding carboxylic acids is 3. The second kappa shape index (κ2) is 9.82. The van der Waals surface area contributed by atoms with Crippen LogP contribution in [0.15, 0.2) is 48.2 Å². The number of carbonyl (C=O) groups is 3. The Balaban J connectivity index is 1.37. The quantitative estimate of drug-likeness (QED) is 0.506. The summed E-state index contributed by atoms with van der Waals surface area (Å²) in [5.41, 5.74) is 1.04. The lowest BCUT2D eigenvalue weighted by Gasteiger charge is -2.14.